The Hall–Kier alpha value is -2.98. The Balaban J connectivity index is 1.81. The number of hydrogen-bond donors (Lipinski definition) is 1. The summed E-state index contributed by atoms with van der Waals surface area (Å²) in [5.74, 6) is -0.422. The van der Waals surface area contributed by atoms with Crippen LogP contribution in [0.1, 0.15) is 16.7 Å². The van der Waals surface area contributed by atoms with Gasteiger partial charge in [0.2, 0.25) is 0 Å². The molecule has 27 heavy (non-hydrogen) atoms. The van der Waals surface area contributed by atoms with Crippen LogP contribution in [0.5, 0.6) is 5.75 Å². The second-order valence-electron chi connectivity index (χ2n) is 5.89. The topological polar surface area (TPSA) is 88.4 Å². The molecule has 2 aromatic rings. The fourth-order valence-corrected chi connectivity index (χ4v) is 2.90. The first-order chi connectivity index (χ1) is 12.9. The normalized spacial score (nSPS) is 10.0. The highest BCUT2D eigenvalue weighted by Gasteiger charge is 2.12. The van der Waals surface area contributed by atoms with Crippen molar-refractivity contribution in [1.29, 1.82) is 5.26 Å². The zero-order valence-corrected chi connectivity index (χ0v) is 16.2. The van der Waals surface area contributed by atoms with Gasteiger partial charge in [-0.2, -0.15) is 5.26 Å². The van der Waals surface area contributed by atoms with E-state index in [4.69, 9.17) is 14.7 Å². The minimum atomic E-state index is -0.620. The number of nitrogens with one attached hydrogen (secondary N) is 1. The lowest BCUT2D eigenvalue weighted by Gasteiger charge is -2.12. The predicted molar refractivity (Wildman–Crippen MR) is 104 cm³/mol. The molecule has 0 aliphatic rings. The van der Waals surface area contributed by atoms with Crippen LogP contribution in [0.3, 0.4) is 0 Å². The number of carbonyl (C=O) groups excluding carboxylic acids is 2. The average molecular weight is 384 g/mol. The molecule has 0 aliphatic heterocycles. The van der Waals surface area contributed by atoms with Crippen molar-refractivity contribution in [1.82, 2.24) is 0 Å². The molecule has 0 saturated heterocycles. The molecule has 0 aliphatic carbocycles. The molecule has 7 heteroatoms. The number of esters is 1. The van der Waals surface area contributed by atoms with Gasteiger partial charge in [0.25, 0.3) is 5.91 Å². The molecule has 0 heterocycles. The first-order valence-corrected chi connectivity index (χ1v) is 9.03. The van der Waals surface area contributed by atoms with E-state index < -0.39 is 18.5 Å². The number of thiocyanates is 1. The van der Waals surface area contributed by atoms with E-state index >= 15 is 0 Å². The van der Waals surface area contributed by atoms with Gasteiger partial charge in [0.05, 0.1) is 0 Å². The van der Waals surface area contributed by atoms with Gasteiger partial charge in [-0.3, -0.25) is 4.79 Å². The van der Waals surface area contributed by atoms with Crippen LogP contribution in [-0.4, -0.2) is 25.1 Å². The van der Waals surface area contributed by atoms with Gasteiger partial charge in [-0.05, 0) is 67.4 Å². The fourth-order valence-electron chi connectivity index (χ4n) is 2.42. The SMILES string of the molecule is Cc1cc(SC#N)ccc1NC(=O)COC(=O)COc1c(C)cccc1C. The third-order valence-corrected chi connectivity index (χ3v) is 4.32. The quantitative estimate of drug-likeness (QED) is 0.444. The Kier molecular flexibility index (Phi) is 7.26. The van der Waals surface area contributed by atoms with Crippen LogP contribution in [0.4, 0.5) is 5.69 Å². The summed E-state index contributed by atoms with van der Waals surface area (Å²) in [5.41, 5.74) is 3.27. The Morgan fingerprint density at radius 2 is 1.78 bits per heavy atom. The number of carbonyl (C=O) groups is 2. The number of rotatable bonds is 7. The summed E-state index contributed by atoms with van der Waals surface area (Å²) in [6.45, 7) is 4.94. The molecule has 1 N–H and O–H groups in total. The molecule has 6 nitrogen and oxygen atoms in total. The van der Waals surface area contributed by atoms with Crippen LogP contribution >= 0.6 is 11.8 Å². The maximum Gasteiger partial charge on any atom is 0.344 e. The number of nitriles is 1. The number of hydrogen-bond acceptors (Lipinski definition) is 6. The highest BCUT2D eigenvalue weighted by molar-refractivity contribution is 8.03. The monoisotopic (exact) mass is 384 g/mol. The second-order valence-corrected chi connectivity index (χ2v) is 6.75. The van der Waals surface area contributed by atoms with Crippen LogP contribution in [-0.2, 0) is 14.3 Å². The second kappa shape index (κ2) is 9.64. The Morgan fingerprint density at radius 1 is 1.07 bits per heavy atom. The van der Waals surface area contributed by atoms with Gasteiger partial charge < -0.3 is 14.8 Å². The molecule has 1 amide bonds. The highest BCUT2D eigenvalue weighted by Crippen LogP contribution is 2.23. The number of benzene rings is 2. The molecule has 2 aromatic carbocycles. The van der Waals surface area contributed by atoms with E-state index in [-0.39, 0.29) is 6.61 Å². The van der Waals surface area contributed by atoms with Crippen LogP contribution in [0, 0.1) is 31.4 Å². The minimum Gasteiger partial charge on any atom is -0.481 e. The Labute approximate surface area is 162 Å². The number of ether oxygens (including phenoxy) is 2. The van der Waals surface area contributed by atoms with Crippen molar-refractivity contribution in [2.24, 2.45) is 0 Å². The van der Waals surface area contributed by atoms with E-state index in [9.17, 15) is 9.59 Å². The van der Waals surface area contributed by atoms with E-state index in [2.05, 4.69) is 5.32 Å². The fraction of sp³-hybridized carbons (Fsp3) is 0.250. The summed E-state index contributed by atoms with van der Waals surface area (Å²) in [4.78, 5) is 24.6. The molecule has 0 aromatic heterocycles. The van der Waals surface area contributed by atoms with E-state index in [0.717, 1.165) is 33.3 Å². The van der Waals surface area contributed by atoms with Crippen LogP contribution in [0.25, 0.3) is 0 Å². The van der Waals surface area contributed by atoms with Gasteiger partial charge in [-0.25, -0.2) is 4.79 Å². The molecule has 0 atom stereocenters. The van der Waals surface area contributed by atoms with Crippen LogP contribution in [0.15, 0.2) is 41.3 Å². The third kappa shape index (κ3) is 6.04. The molecule has 0 radical (unpaired) electrons. The Bertz CT molecular complexity index is 870. The summed E-state index contributed by atoms with van der Waals surface area (Å²) in [5, 5.41) is 13.4. The van der Waals surface area contributed by atoms with Crippen molar-refractivity contribution in [2.75, 3.05) is 18.5 Å². The molecular formula is C20H20N2O4S. The summed E-state index contributed by atoms with van der Waals surface area (Å²) in [7, 11) is 0. The van der Waals surface area contributed by atoms with Gasteiger partial charge in [0, 0.05) is 10.6 Å². The van der Waals surface area contributed by atoms with E-state index in [1.54, 1.807) is 18.2 Å². The first-order valence-electron chi connectivity index (χ1n) is 8.21. The average Bonchev–Trinajstić information content (AvgIpc) is 2.62. The lowest BCUT2D eigenvalue weighted by atomic mass is 10.1. The van der Waals surface area contributed by atoms with E-state index in [1.807, 2.05) is 44.4 Å². The number of thioether (sulfide) groups is 1. The first kappa shape index (κ1) is 20.3. The highest BCUT2D eigenvalue weighted by atomic mass is 32.2. The summed E-state index contributed by atoms with van der Waals surface area (Å²) >= 11 is 1.05. The zero-order chi connectivity index (χ0) is 19.8. The van der Waals surface area contributed by atoms with Crippen molar-refractivity contribution in [3.05, 3.63) is 53.1 Å². The van der Waals surface area contributed by atoms with Gasteiger partial charge in [-0.15, -0.1) is 0 Å². The molecule has 0 unspecified atom stereocenters. The molecule has 140 valence electrons. The maximum atomic E-state index is 12.0. The van der Waals surface area contributed by atoms with E-state index in [0.29, 0.717) is 11.4 Å². The van der Waals surface area contributed by atoms with Gasteiger partial charge in [0.15, 0.2) is 13.2 Å². The number of aryl methyl sites for hydroxylation is 3. The lowest BCUT2D eigenvalue weighted by Crippen LogP contribution is -2.24. The molecule has 0 bridgehead atoms. The standard InChI is InChI=1S/C20H20N2O4S/c1-13-5-4-6-14(2)20(13)26-11-19(24)25-10-18(23)22-17-8-7-16(27-12-21)9-15(17)3/h4-9H,10-11H2,1-3H3,(H,22,23). The Morgan fingerprint density at radius 3 is 2.41 bits per heavy atom. The number of nitrogens with zero attached hydrogens (tertiary/aromatic N) is 1. The molecule has 0 saturated carbocycles. The largest absolute Gasteiger partial charge is 0.481 e. The van der Waals surface area contributed by atoms with Crippen molar-refractivity contribution < 1.29 is 19.1 Å². The summed E-state index contributed by atoms with van der Waals surface area (Å²) in [6.07, 6.45) is 0. The van der Waals surface area contributed by atoms with Gasteiger partial charge in [-0.1, -0.05) is 18.2 Å². The van der Waals surface area contributed by atoms with Crippen molar-refractivity contribution in [3.8, 4) is 11.2 Å². The zero-order valence-electron chi connectivity index (χ0n) is 15.4. The van der Waals surface area contributed by atoms with Crippen molar-refractivity contribution in [2.45, 2.75) is 25.7 Å². The summed E-state index contributed by atoms with van der Waals surface area (Å²) in [6, 6.07) is 10.9. The molecule has 0 fully saturated rings. The number of para-hydroxylation sites is 1. The molecule has 0 spiro atoms. The minimum absolute atomic E-state index is 0.266. The smallest absolute Gasteiger partial charge is 0.344 e. The lowest BCUT2D eigenvalue weighted by molar-refractivity contribution is -0.149. The van der Waals surface area contributed by atoms with Crippen molar-refractivity contribution >= 4 is 29.3 Å². The molecular weight excluding hydrogens is 364 g/mol. The van der Waals surface area contributed by atoms with Crippen LogP contribution in [0.2, 0.25) is 0 Å². The van der Waals surface area contributed by atoms with Crippen molar-refractivity contribution in [3.63, 3.8) is 0 Å². The number of anilines is 1. The summed E-state index contributed by atoms with van der Waals surface area (Å²) < 4.78 is 10.5. The molecule has 2 rings (SSSR count). The van der Waals surface area contributed by atoms with Gasteiger partial charge in [0.1, 0.15) is 11.2 Å². The van der Waals surface area contributed by atoms with Gasteiger partial charge >= 0.3 is 5.97 Å². The number of amides is 1. The van der Waals surface area contributed by atoms with E-state index in [1.165, 1.54) is 0 Å². The third-order valence-electron chi connectivity index (χ3n) is 3.74. The predicted octanol–water partition coefficient (Wildman–Crippen LogP) is 3.75. The maximum absolute atomic E-state index is 12.0. The van der Waals surface area contributed by atoms with Crippen LogP contribution < -0.4 is 10.1 Å².